The van der Waals surface area contributed by atoms with Gasteiger partial charge in [-0.25, -0.2) is 4.79 Å². The first-order chi connectivity index (χ1) is 7.54. The van der Waals surface area contributed by atoms with Crippen molar-refractivity contribution in [1.82, 2.24) is 5.32 Å². The smallest absolute Gasteiger partial charge is 0.333 e. The van der Waals surface area contributed by atoms with E-state index in [9.17, 15) is 9.59 Å². The van der Waals surface area contributed by atoms with Crippen molar-refractivity contribution in [3.05, 3.63) is 34.9 Å². The number of ether oxygens (including phenoxy) is 1. The number of halogens is 1. The lowest BCUT2D eigenvalue weighted by Gasteiger charge is -2.15. The Morgan fingerprint density at radius 2 is 2.12 bits per heavy atom. The van der Waals surface area contributed by atoms with Crippen molar-refractivity contribution in [2.24, 2.45) is 0 Å². The van der Waals surface area contributed by atoms with Crippen molar-refractivity contribution < 1.29 is 14.3 Å². The zero-order chi connectivity index (χ0) is 12.1. The van der Waals surface area contributed by atoms with Gasteiger partial charge in [0.25, 0.3) is 0 Å². The van der Waals surface area contributed by atoms with Gasteiger partial charge in [0, 0.05) is 11.9 Å². The fourth-order valence-electron chi connectivity index (χ4n) is 1.29. The van der Waals surface area contributed by atoms with Gasteiger partial charge in [0.2, 0.25) is 5.91 Å². The van der Waals surface area contributed by atoms with Crippen LogP contribution in [0.3, 0.4) is 0 Å². The van der Waals surface area contributed by atoms with Crippen LogP contribution >= 0.6 is 11.6 Å². The van der Waals surface area contributed by atoms with Gasteiger partial charge in [-0.05, 0) is 17.7 Å². The number of carbonyl (C=O) groups excluding carboxylic acids is 2. The molecule has 1 aromatic rings. The van der Waals surface area contributed by atoms with E-state index >= 15 is 0 Å². The molecule has 1 atom stereocenters. The number of hydrogen-bond donors (Lipinski definition) is 1. The van der Waals surface area contributed by atoms with Crippen molar-refractivity contribution in [2.75, 3.05) is 7.11 Å². The van der Waals surface area contributed by atoms with Gasteiger partial charge in [0.15, 0.2) is 6.04 Å². The number of rotatable bonds is 3. The molecule has 0 spiro atoms. The molecule has 0 aliphatic carbocycles. The van der Waals surface area contributed by atoms with Gasteiger partial charge in [0.05, 0.1) is 7.11 Å². The molecule has 4 nitrogen and oxygen atoms in total. The molecule has 0 unspecified atom stereocenters. The van der Waals surface area contributed by atoms with E-state index in [1.807, 2.05) is 0 Å². The molecule has 0 aliphatic heterocycles. The summed E-state index contributed by atoms with van der Waals surface area (Å²) in [5.74, 6) is -0.840. The minimum atomic E-state index is -0.818. The lowest BCUT2D eigenvalue weighted by atomic mass is 10.1. The monoisotopic (exact) mass is 241 g/mol. The Bertz CT molecular complexity index is 406. The SMILES string of the molecule is COC(=O)[C@H](NC(C)=O)c1cccc(Cl)c1. The highest BCUT2D eigenvalue weighted by Gasteiger charge is 2.22. The fraction of sp³-hybridized carbons (Fsp3) is 0.273. The summed E-state index contributed by atoms with van der Waals surface area (Å²) in [6.45, 7) is 1.33. The Labute approximate surface area is 98.5 Å². The van der Waals surface area contributed by atoms with Crippen LogP contribution in [0.15, 0.2) is 24.3 Å². The average molecular weight is 242 g/mol. The van der Waals surface area contributed by atoms with E-state index in [-0.39, 0.29) is 5.91 Å². The number of hydrogen-bond acceptors (Lipinski definition) is 3. The summed E-state index contributed by atoms with van der Waals surface area (Å²) in [5, 5.41) is 3.00. The van der Waals surface area contributed by atoms with Gasteiger partial charge in [-0.3, -0.25) is 4.79 Å². The van der Waals surface area contributed by atoms with E-state index in [2.05, 4.69) is 10.1 Å². The van der Waals surface area contributed by atoms with Crippen molar-refractivity contribution in [3.63, 3.8) is 0 Å². The predicted molar refractivity (Wildman–Crippen MR) is 60.0 cm³/mol. The molecule has 0 aliphatic rings. The lowest BCUT2D eigenvalue weighted by molar-refractivity contribution is -0.145. The summed E-state index contributed by atoms with van der Waals surface area (Å²) in [7, 11) is 1.27. The Kier molecular flexibility index (Phi) is 4.31. The Hall–Kier alpha value is -1.55. The van der Waals surface area contributed by atoms with Crippen LogP contribution in [-0.2, 0) is 14.3 Å². The molecule has 86 valence electrons. The van der Waals surface area contributed by atoms with Crippen molar-refractivity contribution in [3.8, 4) is 0 Å². The van der Waals surface area contributed by atoms with E-state index in [1.54, 1.807) is 24.3 Å². The Morgan fingerprint density at radius 1 is 1.44 bits per heavy atom. The van der Waals surface area contributed by atoms with Crippen molar-refractivity contribution >= 4 is 23.5 Å². The summed E-state index contributed by atoms with van der Waals surface area (Å²) in [6.07, 6.45) is 0. The molecule has 0 aromatic heterocycles. The first-order valence-electron chi connectivity index (χ1n) is 4.65. The summed E-state index contributed by atoms with van der Waals surface area (Å²) >= 11 is 5.81. The number of nitrogens with one attached hydrogen (secondary N) is 1. The van der Waals surface area contributed by atoms with E-state index in [0.717, 1.165) is 0 Å². The standard InChI is InChI=1S/C11H12ClNO3/c1-7(14)13-10(11(15)16-2)8-4-3-5-9(12)6-8/h3-6,10H,1-2H3,(H,13,14)/t10-/m1/s1. The van der Waals surface area contributed by atoms with Crippen LogP contribution in [0.1, 0.15) is 18.5 Å². The first kappa shape index (κ1) is 12.5. The largest absolute Gasteiger partial charge is 0.467 e. The number of amides is 1. The topological polar surface area (TPSA) is 55.4 Å². The highest BCUT2D eigenvalue weighted by molar-refractivity contribution is 6.30. The zero-order valence-electron chi connectivity index (χ0n) is 8.99. The summed E-state index contributed by atoms with van der Waals surface area (Å²) in [5.41, 5.74) is 0.592. The van der Waals surface area contributed by atoms with E-state index in [0.29, 0.717) is 10.6 Å². The molecule has 1 N–H and O–H groups in total. The molecule has 1 aromatic carbocycles. The normalized spacial score (nSPS) is 11.7. The number of methoxy groups -OCH3 is 1. The highest BCUT2D eigenvalue weighted by Crippen LogP contribution is 2.18. The van der Waals surface area contributed by atoms with Crippen LogP contribution in [0.4, 0.5) is 0 Å². The van der Waals surface area contributed by atoms with Crippen molar-refractivity contribution in [1.29, 1.82) is 0 Å². The maximum absolute atomic E-state index is 11.5. The fourth-order valence-corrected chi connectivity index (χ4v) is 1.48. The van der Waals surface area contributed by atoms with Crippen LogP contribution in [0, 0.1) is 0 Å². The number of benzene rings is 1. The van der Waals surface area contributed by atoms with E-state index in [1.165, 1.54) is 14.0 Å². The van der Waals surface area contributed by atoms with Gasteiger partial charge >= 0.3 is 5.97 Å². The third-order valence-corrected chi connectivity index (χ3v) is 2.20. The van der Waals surface area contributed by atoms with Crippen LogP contribution in [0.2, 0.25) is 5.02 Å². The minimum absolute atomic E-state index is 0.310. The third kappa shape index (κ3) is 3.24. The predicted octanol–water partition coefficient (Wildman–Crippen LogP) is 1.69. The van der Waals surface area contributed by atoms with Gasteiger partial charge < -0.3 is 10.1 Å². The lowest BCUT2D eigenvalue weighted by Crippen LogP contribution is -2.32. The second-order valence-electron chi connectivity index (χ2n) is 3.21. The van der Waals surface area contributed by atoms with Crippen LogP contribution < -0.4 is 5.32 Å². The molecule has 1 rings (SSSR count). The van der Waals surface area contributed by atoms with Crippen LogP contribution in [-0.4, -0.2) is 19.0 Å². The summed E-state index contributed by atoms with van der Waals surface area (Å²) in [4.78, 5) is 22.5. The number of carbonyl (C=O) groups is 2. The summed E-state index contributed by atoms with van der Waals surface area (Å²) < 4.78 is 4.61. The molecule has 0 saturated heterocycles. The first-order valence-corrected chi connectivity index (χ1v) is 5.02. The second-order valence-corrected chi connectivity index (χ2v) is 3.65. The zero-order valence-corrected chi connectivity index (χ0v) is 9.75. The van der Waals surface area contributed by atoms with Crippen LogP contribution in [0.25, 0.3) is 0 Å². The Morgan fingerprint density at radius 3 is 2.62 bits per heavy atom. The molecule has 0 bridgehead atoms. The molecular weight excluding hydrogens is 230 g/mol. The van der Waals surface area contributed by atoms with E-state index in [4.69, 9.17) is 11.6 Å². The molecule has 0 radical (unpaired) electrons. The van der Waals surface area contributed by atoms with Crippen LogP contribution in [0.5, 0.6) is 0 Å². The minimum Gasteiger partial charge on any atom is -0.467 e. The summed E-state index contributed by atoms with van der Waals surface area (Å²) in [6, 6.07) is 5.88. The van der Waals surface area contributed by atoms with Gasteiger partial charge in [-0.15, -0.1) is 0 Å². The molecule has 5 heteroatoms. The molecule has 0 saturated carbocycles. The number of esters is 1. The second kappa shape index (κ2) is 5.51. The molecule has 0 heterocycles. The Balaban J connectivity index is 3.00. The average Bonchev–Trinajstić information content (AvgIpc) is 2.24. The highest BCUT2D eigenvalue weighted by atomic mass is 35.5. The maximum atomic E-state index is 11.5. The molecule has 1 amide bonds. The molecule has 0 fully saturated rings. The van der Waals surface area contributed by atoms with Gasteiger partial charge in [0.1, 0.15) is 0 Å². The van der Waals surface area contributed by atoms with E-state index < -0.39 is 12.0 Å². The molecular formula is C11H12ClNO3. The quantitative estimate of drug-likeness (QED) is 0.820. The van der Waals surface area contributed by atoms with Crippen molar-refractivity contribution in [2.45, 2.75) is 13.0 Å². The third-order valence-electron chi connectivity index (χ3n) is 1.97. The van der Waals surface area contributed by atoms with Gasteiger partial charge in [-0.1, -0.05) is 23.7 Å². The molecule has 16 heavy (non-hydrogen) atoms. The maximum Gasteiger partial charge on any atom is 0.333 e. The van der Waals surface area contributed by atoms with Gasteiger partial charge in [-0.2, -0.15) is 0 Å².